The van der Waals surface area contributed by atoms with Crippen molar-refractivity contribution >= 4 is 11.6 Å². The van der Waals surface area contributed by atoms with Gasteiger partial charge in [-0.15, -0.1) is 11.6 Å². The van der Waals surface area contributed by atoms with Gasteiger partial charge in [0.05, 0.1) is 0 Å². The zero-order valence-corrected chi connectivity index (χ0v) is 6.74. The van der Waals surface area contributed by atoms with Crippen LogP contribution < -0.4 is 0 Å². The standard InChI is InChI=1S/C6H14ClN/c1-5(7)6(2)8(3)4/h5-6H,1-4H3/t5-,6-/m1/s1. The summed E-state index contributed by atoms with van der Waals surface area (Å²) in [5, 5.41) is 0.241. The lowest BCUT2D eigenvalue weighted by Gasteiger charge is -2.21. The van der Waals surface area contributed by atoms with Gasteiger partial charge in [-0.2, -0.15) is 0 Å². The van der Waals surface area contributed by atoms with Crippen LogP contribution in [0, 0.1) is 0 Å². The fourth-order valence-electron chi connectivity index (χ4n) is 0.411. The van der Waals surface area contributed by atoms with Gasteiger partial charge >= 0.3 is 0 Å². The average molecular weight is 136 g/mol. The van der Waals surface area contributed by atoms with Gasteiger partial charge in [-0.05, 0) is 27.9 Å². The Morgan fingerprint density at radius 1 is 1.25 bits per heavy atom. The highest BCUT2D eigenvalue weighted by Crippen LogP contribution is 2.04. The lowest BCUT2D eigenvalue weighted by atomic mass is 10.2. The number of halogens is 1. The minimum absolute atomic E-state index is 0.241. The summed E-state index contributed by atoms with van der Waals surface area (Å²) in [6.45, 7) is 4.11. The molecule has 1 nitrogen and oxygen atoms in total. The molecule has 0 aliphatic heterocycles. The van der Waals surface area contributed by atoms with Crippen LogP contribution >= 0.6 is 11.6 Å². The highest BCUT2D eigenvalue weighted by Gasteiger charge is 2.09. The van der Waals surface area contributed by atoms with E-state index >= 15 is 0 Å². The Balaban J connectivity index is 3.46. The number of rotatable bonds is 2. The maximum Gasteiger partial charge on any atom is 0.0460 e. The summed E-state index contributed by atoms with van der Waals surface area (Å²) in [4.78, 5) is 2.11. The summed E-state index contributed by atoms with van der Waals surface area (Å²) in [6.07, 6.45) is 0. The molecule has 0 amide bonds. The molecule has 0 aliphatic carbocycles. The Hall–Kier alpha value is 0.250. The van der Waals surface area contributed by atoms with Gasteiger partial charge in [-0.3, -0.25) is 0 Å². The Morgan fingerprint density at radius 3 is 1.62 bits per heavy atom. The van der Waals surface area contributed by atoms with Crippen molar-refractivity contribution in [2.24, 2.45) is 0 Å². The summed E-state index contributed by atoms with van der Waals surface area (Å²) in [5.74, 6) is 0. The Kier molecular flexibility index (Phi) is 3.41. The molecule has 0 saturated carbocycles. The van der Waals surface area contributed by atoms with E-state index in [9.17, 15) is 0 Å². The Bertz CT molecular complexity index is 53.5. The molecule has 0 aromatic carbocycles. The molecule has 0 heterocycles. The van der Waals surface area contributed by atoms with E-state index in [0.29, 0.717) is 6.04 Å². The van der Waals surface area contributed by atoms with Gasteiger partial charge in [0.15, 0.2) is 0 Å². The molecule has 50 valence electrons. The molecule has 0 unspecified atom stereocenters. The zero-order valence-electron chi connectivity index (χ0n) is 5.98. The van der Waals surface area contributed by atoms with E-state index in [1.165, 1.54) is 0 Å². The number of alkyl halides is 1. The molecule has 0 rings (SSSR count). The predicted molar refractivity (Wildman–Crippen MR) is 38.5 cm³/mol. The molecular weight excluding hydrogens is 122 g/mol. The van der Waals surface area contributed by atoms with Crippen molar-refractivity contribution in [1.82, 2.24) is 4.90 Å². The third kappa shape index (κ3) is 2.53. The quantitative estimate of drug-likeness (QED) is 0.520. The van der Waals surface area contributed by atoms with Crippen molar-refractivity contribution in [2.75, 3.05) is 14.1 Å². The Labute approximate surface area is 56.6 Å². The Morgan fingerprint density at radius 2 is 1.62 bits per heavy atom. The molecule has 0 N–H and O–H groups in total. The fourth-order valence-corrected chi connectivity index (χ4v) is 0.636. The predicted octanol–water partition coefficient (Wildman–Crippen LogP) is 1.56. The highest BCUT2D eigenvalue weighted by atomic mass is 35.5. The fraction of sp³-hybridized carbons (Fsp3) is 1.00. The van der Waals surface area contributed by atoms with Gasteiger partial charge in [-0.25, -0.2) is 0 Å². The molecular formula is C6H14ClN. The van der Waals surface area contributed by atoms with Gasteiger partial charge in [0.25, 0.3) is 0 Å². The second kappa shape index (κ2) is 3.31. The van der Waals surface area contributed by atoms with E-state index in [4.69, 9.17) is 11.6 Å². The first-order chi connectivity index (χ1) is 3.55. The van der Waals surface area contributed by atoms with Gasteiger partial charge in [-0.1, -0.05) is 0 Å². The largest absolute Gasteiger partial charge is 0.305 e. The van der Waals surface area contributed by atoms with Crippen molar-refractivity contribution in [3.05, 3.63) is 0 Å². The smallest absolute Gasteiger partial charge is 0.0460 e. The second-order valence-electron chi connectivity index (χ2n) is 2.38. The van der Waals surface area contributed by atoms with Crippen molar-refractivity contribution in [3.8, 4) is 0 Å². The van der Waals surface area contributed by atoms with Gasteiger partial charge < -0.3 is 4.90 Å². The molecule has 0 bridgehead atoms. The van der Waals surface area contributed by atoms with Crippen LogP contribution in [0.4, 0.5) is 0 Å². The van der Waals surface area contributed by atoms with Gasteiger partial charge in [0, 0.05) is 11.4 Å². The van der Waals surface area contributed by atoms with Crippen LogP contribution in [0.1, 0.15) is 13.8 Å². The third-order valence-electron chi connectivity index (χ3n) is 1.48. The van der Waals surface area contributed by atoms with E-state index in [2.05, 4.69) is 11.8 Å². The van der Waals surface area contributed by atoms with Crippen LogP contribution in [0.15, 0.2) is 0 Å². The topological polar surface area (TPSA) is 3.24 Å². The van der Waals surface area contributed by atoms with Crippen LogP contribution in [-0.4, -0.2) is 30.4 Å². The van der Waals surface area contributed by atoms with Crippen LogP contribution in [0.25, 0.3) is 0 Å². The van der Waals surface area contributed by atoms with Crippen molar-refractivity contribution < 1.29 is 0 Å². The van der Waals surface area contributed by atoms with E-state index in [1.807, 2.05) is 21.0 Å². The summed E-state index contributed by atoms with van der Waals surface area (Å²) < 4.78 is 0. The molecule has 0 aromatic rings. The first-order valence-corrected chi connectivity index (χ1v) is 3.30. The van der Waals surface area contributed by atoms with Gasteiger partial charge in [0.2, 0.25) is 0 Å². The highest BCUT2D eigenvalue weighted by molar-refractivity contribution is 6.20. The second-order valence-corrected chi connectivity index (χ2v) is 3.07. The van der Waals surface area contributed by atoms with Crippen molar-refractivity contribution in [2.45, 2.75) is 25.3 Å². The van der Waals surface area contributed by atoms with E-state index in [1.54, 1.807) is 0 Å². The molecule has 0 aromatic heterocycles. The van der Waals surface area contributed by atoms with Crippen molar-refractivity contribution in [3.63, 3.8) is 0 Å². The first-order valence-electron chi connectivity index (χ1n) is 2.86. The summed E-state index contributed by atoms with van der Waals surface area (Å²) in [5.41, 5.74) is 0. The summed E-state index contributed by atoms with van der Waals surface area (Å²) >= 11 is 5.78. The summed E-state index contributed by atoms with van der Waals surface area (Å²) in [6, 6.07) is 0.469. The normalized spacial score (nSPS) is 18.8. The lowest BCUT2D eigenvalue weighted by molar-refractivity contribution is 0.310. The van der Waals surface area contributed by atoms with E-state index in [-0.39, 0.29) is 5.38 Å². The maximum atomic E-state index is 5.78. The van der Waals surface area contributed by atoms with Crippen LogP contribution in [0.3, 0.4) is 0 Å². The minimum Gasteiger partial charge on any atom is -0.305 e. The van der Waals surface area contributed by atoms with Gasteiger partial charge in [0.1, 0.15) is 0 Å². The van der Waals surface area contributed by atoms with E-state index < -0.39 is 0 Å². The third-order valence-corrected chi connectivity index (χ3v) is 1.84. The maximum absolute atomic E-state index is 5.78. The molecule has 2 atom stereocenters. The number of nitrogens with zero attached hydrogens (tertiary/aromatic N) is 1. The molecule has 0 radical (unpaired) electrons. The molecule has 0 fully saturated rings. The summed E-state index contributed by atoms with van der Waals surface area (Å²) in [7, 11) is 4.06. The number of hydrogen-bond donors (Lipinski definition) is 0. The molecule has 8 heavy (non-hydrogen) atoms. The molecule has 0 saturated heterocycles. The van der Waals surface area contributed by atoms with Crippen LogP contribution in [0.2, 0.25) is 0 Å². The zero-order chi connectivity index (χ0) is 6.73. The van der Waals surface area contributed by atoms with Crippen LogP contribution in [-0.2, 0) is 0 Å². The molecule has 2 heteroatoms. The SMILES string of the molecule is C[C@H]([C@@H](C)Cl)N(C)C. The molecule has 0 spiro atoms. The van der Waals surface area contributed by atoms with E-state index in [0.717, 1.165) is 0 Å². The average Bonchev–Trinajstić information content (AvgIpc) is 1.64. The first kappa shape index (κ1) is 8.25. The van der Waals surface area contributed by atoms with Crippen molar-refractivity contribution in [1.29, 1.82) is 0 Å². The van der Waals surface area contributed by atoms with Crippen LogP contribution in [0.5, 0.6) is 0 Å². The molecule has 0 aliphatic rings. The number of hydrogen-bond acceptors (Lipinski definition) is 1. The lowest BCUT2D eigenvalue weighted by Crippen LogP contribution is -2.31. The monoisotopic (exact) mass is 135 g/mol. The minimum atomic E-state index is 0.241.